The first-order chi connectivity index (χ1) is 10.9. The Bertz CT molecular complexity index is 735. The highest BCUT2D eigenvalue weighted by atomic mass is 32.2. The molecule has 1 aromatic rings. The average molecular weight is 335 g/mol. The summed E-state index contributed by atoms with van der Waals surface area (Å²) in [5, 5.41) is -1.69. The molecule has 1 aromatic carbocycles. The summed E-state index contributed by atoms with van der Waals surface area (Å²) in [5.74, 6) is -1.01. The third-order valence-corrected chi connectivity index (χ3v) is 7.44. The molecule has 3 rings (SSSR count). The van der Waals surface area contributed by atoms with Crippen LogP contribution in [0.25, 0.3) is 0 Å². The minimum absolute atomic E-state index is 0.230. The second-order valence-electron chi connectivity index (χ2n) is 6.40. The van der Waals surface area contributed by atoms with E-state index in [1.807, 2.05) is 6.07 Å². The van der Waals surface area contributed by atoms with Gasteiger partial charge in [-0.25, -0.2) is 13.3 Å². The summed E-state index contributed by atoms with van der Waals surface area (Å²) in [7, 11) is -3.61. The van der Waals surface area contributed by atoms with Gasteiger partial charge in [0.25, 0.3) is 5.91 Å². The average Bonchev–Trinajstić information content (AvgIpc) is 2.84. The predicted molar refractivity (Wildman–Crippen MR) is 87.9 cm³/mol. The van der Waals surface area contributed by atoms with Crippen LogP contribution in [0.3, 0.4) is 0 Å². The van der Waals surface area contributed by atoms with E-state index >= 15 is 0 Å². The highest BCUT2D eigenvalue weighted by Crippen LogP contribution is 2.33. The van der Waals surface area contributed by atoms with Crippen molar-refractivity contribution in [2.75, 3.05) is 4.90 Å². The Morgan fingerprint density at radius 2 is 1.70 bits per heavy atom. The number of carbonyl (C=O) groups excluding carboxylic acids is 2. The first kappa shape index (κ1) is 16.2. The second-order valence-corrected chi connectivity index (χ2v) is 8.81. The molecule has 23 heavy (non-hydrogen) atoms. The summed E-state index contributed by atoms with van der Waals surface area (Å²) < 4.78 is 25.6. The van der Waals surface area contributed by atoms with Gasteiger partial charge >= 0.3 is 0 Å². The molecule has 0 N–H and O–H groups in total. The number of para-hydroxylation sites is 1. The zero-order valence-corrected chi connectivity index (χ0v) is 14.0. The number of imide groups is 1. The minimum Gasteiger partial charge on any atom is -0.274 e. The van der Waals surface area contributed by atoms with Gasteiger partial charge < -0.3 is 0 Å². The molecule has 1 aliphatic heterocycles. The Labute approximate surface area is 136 Å². The van der Waals surface area contributed by atoms with Crippen LogP contribution in [0.5, 0.6) is 0 Å². The second kappa shape index (κ2) is 6.07. The molecule has 1 unspecified atom stereocenters. The van der Waals surface area contributed by atoms with Crippen molar-refractivity contribution in [1.82, 2.24) is 0 Å². The topological polar surface area (TPSA) is 71.5 Å². The Hall–Kier alpha value is -1.69. The van der Waals surface area contributed by atoms with Gasteiger partial charge in [0.2, 0.25) is 5.91 Å². The lowest BCUT2D eigenvalue weighted by molar-refractivity contribution is -0.121. The maximum Gasteiger partial charge on any atom is 0.252 e. The van der Waals surface area contributed by atoms with Crippen LogP contribution in [-0.2, 0) is 19.4 Å². The number of anilines is 1. The largest absolute Gasteiger partial charge is 0.274 e. The normalized spacial score (nSPS) is 23.5. The molecule has 0 spiro atoms. The molecule has 2 amide bonds. The highest BCUT2D eigenvalue weighted by Gasteiger charge is 2.49. The summed E-state index contributed by atoms with van der Waals surface area (Å²) in [5.41, 5.74) is 1.27. The summed E-state index contributed by atoms with van der Waals surface area (Å²) in [6, 6.07) is 7.05. The van der Waals surface area contributed by atoms with E-state index in [0.29, 0.717) is 18.5 Å². The van der Waals surface area contributed by atoms with Gasteiger partial charge in [-0.3, -0.25) is 9.59 Å². The van der Waals surface area contributed by atoms with E-state index in [-0.39, 0.29) is 6.42 Å². The lowest BCUT2D eigenvalue weighted by Crippen LogP contribution is -2.40. The van der Waals surface area contributed by atoms with Crippen LogP contribution < -0.4 is 4.90 Å². The van der Waals surface area contributed by atoms with Crippen molar-refractivity contribution in [3.63, 3.8) is 0 Å². The van der Waals surface area contributed by atoms with Crippen molar-refractivity contribution in [2.24, 2.45) is 0 Å². The summed E-state index contributed by atoms with van der Waals surface area (Å²) in [6.45, 7) is 1.80. The number of carbonyl (C=O) groups is 2. The number of aryl methyl sites for hydroxylation is 1. The van der Waals surface area contributed by atoms with Crippen LogP contribution in [0.1, 0.15) is 44.1 Å². The molecule has 1 saturated heterocycles. The number of amides is 2. The van der Waals surface area contributed by atoms with E-state index < -0.39 is 32.2 Å². The monoisotopic (exact) mass is 335 g/mol. The van der Waals surface area contributed by atoms with Crippen LogP contribution in [0.4, 0.5) is 5.69 Å². The molecular weight excluding hydrogens is 314 g/mol. The number of hydrogen-bond donors (Lipinski definition) is 0. The molecule has 0 aromatic heterocycles. The van der Waals surface area contributed by atoms with Crippen molar-refractivity contribution in [3.8, 4) is 0 Å². The molecule has 5 nitrogen and oxygen atoms in total. The smallest absolute Gasteiger partial charge is 0.252 e. The fourth-order valence-corrected chi connectivity index (χ4v) is 5.77. The van der Waals surface area contributed by atoms with E-state index in [4.69, 9.17) is 0 Å². The van der Waals surface area contributed by atoms with Gasteiger partial charge in [0.05, 0.1) is 17.4 Å². The van der Waals surface area contributed by atoms with E-state index in [9.17, 15) is 18.0 Å². The first-order valence-corrected chi connectivity index (χ1v) is 9.69. The van der Waals surface area contributed by atoms with Gasteiger partial charge in [-0.15, -0.1) is 0 Å². The predicted octanol–water partition coefficient (Wildman–Crippen LogP) is 2.37. The number of sulfone groups is 1. The molecular formula is C17H21NO4S. The van der Waals surface area contributed by atoms with Gasteiger partial charge in [0.15, 0.2) is 9.84 Å². The van der Waals surface area contributed by atoms with Crippen molar-refractivity contribution in [1.29, 1.82) is 0 Å². The summed E-state index contributed by atoms with van der Waals surface area (Å²) >= 11 is 0. The molecule has 1 aliphatic carbocycles. The van der Waals surface area contributed by atoms with Crippen molar-refractivity contribution in [3.05, 3.63) is 29.8 Å². The molecule has 1 saturated carbocycles. The van der Waals surface area contributed by atoms with Crippen LogP contribution in [0.2, 0.25) is 0 Å². The SMILES string of the molecule is Cc1ccccc1N1C(=O)CC(S(=O)(=O)C2CCCCC2)C1=O. The molecule has 1 atom stereocenters. The fourth-order valence-electron chi connectivity index (χ4n) is 3.55. The number of nitrogens with zero attached hydrogens (tertiary/aromatic N) is 1. The summed E-state index contributed by atoms with van der Waals surface area (Å²) in [6.07, 6.45) is 3.76. The lowest BCUT2D eigenvalue weighted by Gasteiger charge is -2.24. The molecule has 124 valence electrons. The van der Waals surface area contributed by atoms with Crippen molar-refractivity contribution in [2.45, 2.75) is 55.9 Å². The Balaban J connectivity index is 1.91. The third-order valence-electron chi connectivity index (χ3n) is 4.87. The maximum absolute atomic E-state index is 12.8. The summed E-state index contributed by atoms with van der Waals surface area (Å²) in [4.78, 5) is 26.1. The Morgan fingerprint density at radius 1 is 1.04 bits per heavy atom. The zero-order chi connectivity index (χ0) is 16.6. The molecule has 6 heteroatoms. The number of benzene rings is 1. The van der Waals surface area contributed by atoms with Gasteiger partial charge in [-0.1, -0.05) is 37.5 Å². The molecule has 2 fully saturated rings. The first-order valence-electron chi connectivity index (χ1n) is 8.08. The highest BCUT2D eigenvalue weighted by molar-refractivity contribution is 7.93. The Morgan fingerprint density at radius 3 is 2.35 bits per heavy atom. The molecule has 1 heterocycles. The number of hydrogen-bond acceptors (Lipinski definition) is 4. The fraction of sp³-hybridized carbons (Fsp3) is 0.529. The zero-order valence-electron chi connectivity index (χ0n) is 13.2. The van der Waals surface area contributed by atoms with Crippen molar-refractivity contribution >= 4 is 27.3 Å². The maximum atomic E-state index is 12.8. The van der Waals surface area contributed by atoms with Crippen LogP contribution in [-0.4, -0.2) is 30.7 Å². The lowest BCUT2D eigenvalue weighted by atomic mass is 10.0. The van der Waals surface area contributed by atoms with Crippen LogP contribution in [0.15, 0.2) is 24.3 Å². The van der Waals surface area contributed by atoms with Gasteiger partial charge in [0.1, 0.15) is 5.25 Å². The number of rotatable bonds is 3. The standard InChI is InChI=1S/C17H21NO4S/c1-12-7-5-6-10-14(12)18-16(19)11-15(17(18)20)23(21,22)13-8-3-2-4-9-13/h5-7,10,13,15H,2-4,8-9,11H2,1H3. The van der Waals surface area contributed by atoms with Gasteiger partial charge in [0, 0.05) is 0 Å². The van der Waals surface area contributed by atoms with Gasteiger partial charge in [-0.2, -0.15) is 0 Å². The quantitative estimate of drug-likeness (QED) is 0.795. The van der Waals surface area contributed by atoms with Crippen LogP contribution >= 0.6 is 0 Å². The van der Waals surface area contributed by atoms with Gasteiger partial charge in [-0.05, 0) is 31.4 Å². The van der Waals surface area contributed by atoms with E-state index in [0.717, 1.165) is 29.7 Å². The Kier molecular flexibility index (Phi) is 4.27. The molecule has 0 radical (unpaired) electrons. The van der Waals surface area contributed by atoms with Crippen molar-refractivity contribution < 1.29 is 18.0 Å². The van der Waals surface area contributed by atoms with E-state index in [1.165, 1.54) is 0 Å². The molecule has 2 aliphatic rings. The minimum atomic E-state index is -3.61. The van der Waals surface area contributed by atoms with Crippen LogP contribution in [0, 0.1) is 6.92 Å². The van der Waals surface area contributed by atoms with E-state index in [1.54, 1.807) is 25.1 Å². The third kappa shape index (κ3) is 2.80. The van der Waals surface area contributed by atoms with E-state index in [2.05, 4.69) is 0 Å². The molecule has 0 bridgehead atoms.